The van der Waals surface area contributed by atoms with Crippen LogP contribution in [0.15, 0.2) is 18.3 Å². The van der Waals surface area contributed by atoms with Gasteiger partial charge in [0.15, 0.2) is 5.78 Å². The summed E-state index contributed by atoms with van der Waals surface area (Å²) >= 11 is 1.56. The second kappa shape index (κ2) is 5.06. The highest BCUT2D eigenvalue weighted by Gasteiger charge is 2.16. The second-order valence-corrected chi connectivity index (χ2v) is 5.78. The fourth-order valence-electron chi connectivity index (χ4n) is 1.93. The van der Waals surface area contributed by atoms with Gasteiger partial charge in [-0.3, -0.25) is 9.48 Å². The van der Waals surface area contributed by atoms with E-state index < -0.39 is 0 Å². The van der Waals surface area contributed by atoms with Crippen LogP contribution in [0.1, 0.15) is 48.5 Å². The predicted molar refractivity (Wildman–Crippen MR) is 75.2 cm³/mol. The molecule has 0 unspecified atom stereocenters. The van der Waals surface area contributed by atoms with Gasteiger partial charge in [-0.2, -0.15) is 5.10 Å². The van der Waals surface area contributed by atoms with E-state index in [-0.39, 0.29) is 5.78 Å². The molecule has 0 spiro atoms. The minimum Gasteiger partial charge on any atom is -0.293 e. The van der Waals surface area contributed by atoms with E-state index >= 15 is 0 Å². The average Bonchev–Trinajstić information content (AvgIpc) is 2.93. The van der Waals surface area contributed by atoms with Crippen molar-refractivity contribution in [3.05, 3.63) is 28.9 Å². The summed E-state index contributed by atoms with van der Waals surface area (Å²) in [4.78, 5) is 13.6. The molecule has 18 heavy (non-hydrogen) atoms. The van der Waals surface area contributed by atoms with E-state index in [1.165, 1.54) is 0 Å². The maximum Gasteiger partial charge on any atom is 0.172 e. The highest BCUT2D eigenvalue weighted by molar-refractivity contribution is 7.17. The summed E-state index contributed by atoms with van der Waals surface area (Å²) < 4.78 is 1.84. The number of rotatable bonds is 4. The lowest BCUT2D eigenvalue weighted by atomic mass is 10.1. The first-order valence-electron chi connectivity index (χ1n) is 6.19. The third kappa shape index (κ3) is 2.38. The van der Waals surface area contributed by atoms with Crippen molar-refractivity contribution in [3.63, 3.8) is 0 Å². The Morgan fingerprint density at radius 1 is 1.44 bits per heavy atom. The number of hydrogen-bond acceptors (Lipinski definition) is 3. The summed E-state index contributed by atoms with van der Waals surface area (Å²) in [5, 5.41) is 4.50. The Morgan fingerprint density at radius 2 is 2.17 bits per heavy atom. The van der Waals surface area contributed by atoms with E-state index in [0.29, 0.717) is 12.3 Å². The molecule has 4 heteroatoms. The number of ketones is 1. The highest BCUT2D eigenvalue weighted by atomic mass is 32.1. The number of hydrogen-bond donors (Lipinski definition) is 0. The smallest absolute Gasteiger partial charge is 0.172 e. The van der Waals surface area contributed by atoms with Crippen molar-refractivity contribution in [2.75, 3.05) is 0 Å². The van der Waals surface area contributed by atoms with Gasteiger partial charge >= 0.3 is 0 Å². The molecule has 2 rings (SSSR count). The first-order valence-corrected chi connectivity index (χ1v) is 7.01. The number of Topliss-reactive ketones (excluding diaryl/α,β-unsaturated/α-hetero) is 1. The van der Waals surface area contributed by atoms with Crippen molar-refractivity contribution in [1.29, 1.82) is 0 Å². The fraction of sp³-hybridized carbons (Fsp3) is 0.429. The van der Waals surface area contributed by atoms with E-state index in [9.17, 15) is 4.79 Å². The molecule has 2 aromatic rings. The topological polar surface area (TPSA) is 34.9 Å². The van der Waals surface area contributed by atoms with Crippen LogP contribution in [0.3, 0.4) is 0 Å². The van der Waals surface area contributed by atoms with Gasteiger partial charge in [0.25, 0.3) is 0 Å². The minimum atomic E-state index is 0.209. The molecule has 0 aromatic carbocycles. The molecular weight excluding hydrogens is 244 g/mol. The fourth-order valence-corrected chi connectivity index (χ4v) is 2.96. The number of nitrogens with zero attached hydrogens (tertiary/aromatic N) is 2. The van der Waals surface area contributed by atoms with E-state index in [1.54, 1.807) is 11.3 Å². The zero-order chi connectivity index (χ0) is 13.3. The molecule has 0 amide bonds. The van der Waals surface area contributed by atoms with Gasteiger partial charge in [-0.05, 0) is 18.1 Å². The van der Waals surface area contributed by atoms with Crippen LogP contribution in [0.5, 0.6) is 0 Å². The summed E-state index contributed by atoms with van der Waals surface area (Å²) in [5.74, 6) is 0.592. The molecule has 0 saturated heterocycles. The van der Waals surface area contributed by atoms with Gasteiger partial charge in [-0.15, -0.1) is 11.3 Å². The van der Waals surface area contributed by atoms with Crippen LogP contribution in [0.2, 0.25) is 0 Å². The number of carbonyl (C=O) groups is 1. The summed E-state index contributed by atoms with van der Waals surface area (Å²) in [6.07, 6.45) is 2.59. The molecule has 0 aliphatic heterocycles. The summed E-state index contributed by atoms with van der Waals surface area (Å²) in [6.45, 7) is 6.17. The van der Waals surface area contributed by atoms with Crippen LogP contribution >= 0.6 is 11.3 Å². The summed E-state index contributed by atoms with van der Waals surface area (Å²) in [7, 11) is 1.93. The standard InChI is InChI=1S/C14H18N2OS/c1-5-11(17)13-7-6-12(18-13)10-8-16(4)15-14(10)9(2)3/h6-9H,5H2,1-4H3. The number of aromatic nitrogens is 2. The van der Waals surface area contributed by atoms with Gasteiger partial charge < -0.3 is 0 Å². The number of thiophene rings is 1. The molecule has 0 fully saturated rings. The summed E-state index contributed by atoms with van der Waals surface area (Å²) in [5.41, 5.74) is 2.24. The maximum atomic E-state index is 11.7. The van der Waals surface area contributed by atoms with E-state index in [2.05, 4.69) is 18.9 Å². The Labute approximate surface area is 111 Å². The molecule has 0 aliphatic carbocycles. The lowest BCUT2D eigenvalue weighted by Gasteiger charge is -2.02. The van der Waals surface area contributed by atoms with Gasteiger partial charge in [-0.1, -0.05) is 20.8 Å². The molecule has 2 heterocycles. The van der Waals surface area contributed by atoms with E-state index in [4.69, 9.17) is 0 Å². The Bertz CT molecular complexity index is 566. The molecule has 2 aromatic heterocycles. The predicted octanol–water partition coefficient (Wildman–Crippen LogP) is 3.86. The van der Waals surface area contributed by atoms with Crippen molar-refractivity contribution in [1.82, 2.24) is 9.78 Å². The van der Waals surface area contributed by atoms with Gasteiger partial charge in [0.05, 0.1) is 10.6 Å². The SMILES string of the molecule is CCC(=O)c1ccc(-c2cn(C)nc2C(C)C)s1. The van der Waals surface area contributed by atoms with Gasteiger partial charge in [0.1, 0.15) is 0 Å². The minimum absolute atomic E-state index is 0.209. The second-order valence-electron chi connectivity index (χ2n) is 4.70. The normalized spacial score (nSPS) is 11.2. The maximum absolute atomic E-state index is 11.7. The molecule has 0 radical (unpaired) electrons. The van der Waals surface area contributed by atoms with Crippen LogP contribution < -0.4 is 0 Å². The molecule has 0 saturated carbocycles. The third-order valence-corrected chi connectivity index (χ3v) is 4.03. The van der Waals surface area contributed by atoms with E-state index in [0.717, 1.165) is 21.0 Å². The van der Waals surface area contributed by atoms with Crippen molar-refractivity contribution in [3.8, 4) is 10.4 Å². The highest BCUT2D eigenvalue weighted by Crippen LogP contribution is 2.33. The quantitative estimate of drug-likeness (QED) is 0.784. The summed E-state index contributed by atoms with van der Waals surface area (Å²) in [6, 6.07) is 3.94. The largest absolute Gasteiger partial charge is 0.293 e. The molecular formula is C14H18N2OS. The van der Waals surface area contributed by atoms with Gasteiger partial charge in [-0.25, -0.2) is 0 Å². The lowest BCUT2D eigenvalue weighted by Crippen LogP contribution is -1.93. The Kier molecular flexibility index (Phi) is 3.66. The zero-order valence-electron chi connectivity index (χ0n) is 11.2. The van der Waals surface area contributed by atoms with Crippen LogP contribution in [-0.2, 0) is 7.05 Å². The van der Waals surface area contributed by atoms with E-state index in [1.807, 2.05) is 37.0 Å². The van der Waals surface area contributed by atoms with Crippen molar-refractivity contribution < 1.29 is 4.79 Å². The Hall–Kier alpha value is -1.42. The Morgan fingerprint density at radius 3 is 2.78 bits per heavy atom. The molecule has 0 atom stereocenters. The van der Waals surface area contributed by atoms with Crippen LogP contribution in [0.4, 0.5) is 0 Å². The molecule has 96 valence electrons. The molecule has 3 nitrogen and oxygen atoms in total. The van der Waals surface area contributed by atoms with Gasteiger partial charge in [0.2, 0.25) is 0 Å². The van der Waals surface area contributed by atoms with Crippen LogP contribution in [0.25, 0.3) is 10.4 Å². The zero-order valence-corrected chi connectivity index (χ0v) is 12.0. The molecule has 0 bridgehead atoms. The van der Waals surface area contributed by atoms with Crippen LogP contribution in [0, 0.1) is 0 Å². The molecule has 0 aliphatic rings. The number of aryl methyl sites for hydroxylation is 1. The Balaban J connectivity index is 2.42. The van der Waals surface area contributed by atoms with Crippen molar-refractivity contribution in [2.45, 2.75) is 33.1 Å². The average molecular weight is 262 g/mol. The monoisotopic (exact) mass is 262 g/mol. The molecule has 0 N–H and O–H groups in total. The van der Waals surface area contributed by atoms with Gasteiger partial charge in [0, 0.05) is 30.1 Å². The van der Waals surface area contributed by atoms with Crippen molar-refractivity contribution in [2.24, 2.45) is 7.05 Å². The lowest BCUT2D eigenvalue weighted by molar-refractivity contribution is 0.0992. The number of carbonyl (C=O) groups excluding carboxylic acids is 1. The third-order valence-electron chi connectivity index (χ3n) is 2.87. The van der Waals surface area contributed by atoms with Crippen LogP contribution in [-0.4, -0.2) is 15.6 Å². The first-order chi connectivity index (χ1) is 8.52. The first kappa shape index (κ1) is 13.0. The van der Waals surface area contributed by atoms with Crippen molar-refractivity contribution >= 4 is 17.1 Å².